The van der Waals surface area contributed by atoms with Crippen LogP contribution in [-0.2, 0) is 0 Å². The molecule has 0 unspecified atom stereocenters. The zero-order chi connectivity index (χ0) is 21.8. The van der Waals surface area contributed by atoms with Crippen LogP contribution in [0.4, 0.5) is 22.2 Å². The summed E-state index contributed by atoms with van der Waals surface area (Å²) in [7, 11) is 1.61. The predicted molar refractivity (Wildman–Crippen MR) is 123 cm³/mol. The highest BCUT2D eigenvalue weighted by Crippen LogP contribution is 2.26. The van der Waals surface area contributed by atoms with E-state index in [0.717, 1.165) is 36.1 Å². The van der Waals surface area contributed by atoms with E-state index in [1.165, 1.54) is 19.3 Å². The van der Waals surface area contributed by atoms with Crippen molar-refractivity contribution in [2.24, 2.45) is 0 Å². The minimum absolute atomic E-state index is 0.109. The van der Waals surface area contributed by atoms with Gasteiger partial charge in [-0.2, -0.15) is 4.98 Å². The number of carbonyl (C=O) groups is 1. The highest BCUT2D eigenvalue weighted by Gasteiger charge is 2.24. The molecule has 2 saturated heterocycles. The Morgan fingerprint density at radius 1 is 0.935 bits per heavy atom. The number of benzene rings is 1. The number of carbonyl (C=O) groups excluding carboxylic acids is 1. The van der Waals surface area contributed by atoms with Gasteiger partial charge >= 0.3 is 6.03 Å². The molecule has 0 spiro atoms. The van der Waals surface area contributed by atoms with Gasteiger partial charge in [0.2, 0.25) is 5.95 Å². The molecule has 3 heterocycles. The average Bonchev–Trinajstić information content (AvgIpc) is 2.79. The molecule has 0 radical (unpaired) electrons. The third-order valence-corrected chi connectivity index (χ3v) is 5.96. The molecule has 31 heavy (non-hydrogen) atoms. The van der Waals surface area contributed by atoms with Crippen LogP contribution in [0.25, 0.3) is 0 Å². The number of amides is 2. The zero-order valence-corrected chi connectivity index (χ0v) is 18.7. The van der Waals surface area contributed by atoms with Crippen molar-refractivity contribution >= 4 is 23.5 Å². The first-order valence-electron chi connectivity index (χ1n) is 11.1. The fourth-order valence-corrected chi connectivity index (χ4v) is 4.19. The van der Waals surface area contributed by atoms with Crippen LogP contribution in [0.5, 0.6) is 5.75 Å². The number of hydrogen-bond donors (Lipinski definition) is 1. The summed E-state index contributed by atoms with van der Waals surface area (Å²) in [5.74, 6) is 2.45. The summed E-state index contributed by atoms with van der Waals surface area (Å²) in [5.41, 5.74) is 2.75. The van der Waals surface area contributed by atoms with Crippen molar-refractivity contribution in [3.05, 3.63) is 35.5 Å². The van der Waals surface area contributed by atoms with Crippen molar-refractivity contribution in [2.45, 2.75) is 33.1 Å². The average molecular weight is 425 g/mol. The maximum Gasteiger partial charge on any atom is 0.322 e. The molecular formula is C23H32N6O2. The standard InChI is InChI=1S/C23H32N6O2/c1-17-7-8-20(31-3)19(15-17)25-23(30)29-13-11-28(12-14-29)22-24-18(2)16-21(26-22)27-9-5-4-6-10-27/h7-8,15-16H,4-6,9-14H2,1-3H3,(H,25,30). The second kappa shape index (κ2) is 9.41. The molecule has 1 N–H and O–H groups in total. The lowest BCUT2D eigenvalue weighted by Crippen LogP contribution is -2.50. The van der Waals surface area contributed by atoms with Crippen LogP contribution in [0.1, 0.15) is 30.5 Å². The topological polar surface area (TPSA) is 73.8 Å². The van der Waals surface area contributed by atoms with Gasteiger partial charge in [-0.1, -0.05) is 6.07 Å². The second-order valence-corrected chi connectivity index (χ2v) is 8.32. The van der Waals surface area contributed by atoms with Crippen LogP contribution >= 0.6 is 0 Å². The number of methoxy groups -OCH3 is 1. The van der Waals surface area contributed by atoms with Crippen molar-refractivity contribution in [1.29, 1.82) is 0 Å². The van der Waals surface area contributed by atoms with Gasteiger partial charge in [-0.15, -0.1) is 0 Å². The van der Waals surface area contributed by atoms with E-state index in [-0.39, 0.29) is 6.03 Å². The number of piperidine rings is 1. The molecule has 2 fully saturated rings. The predicted octanol–water partition coefficient (Wildman–Crippen LogP) is 3.45. The Bertz CT molecular complexity index is 920. The van der Waals surface area contributed by atoms with Crippen molar-refractivity contribution in [3.8, 4) is 5.75 Å². The zero-order valence-electron chi connectivity index (χ0n) is 18.7. The van der Waals surface area contributed by atoms with E-state index in [2.05, 4.69) is 26.2 Å². The highest BCUT2D eigenvalue weighted by molar-refractivity contribution is 5.91. The van der Waals surface area contributed by atoms with Gasteiger partial charge < -0.3 is 24.8 Å². The number of anilines is 3. The Balaban J connectivity index is 1.39. The Morgan fingerprint density at radius 3 is 2.39 bits per heavy atom. The Kier molecular flexibility index (Phi) is 6.44. The quantitative estimate of drug-likeness (QED) is 0.810. The molecule has 2 amide bonds. The minimum Gasteiger partial charge on any atom is -0.495 e. The summed E-state index contributed by atoms with van der Waals surface area (Å²) < 4.78 is 5.37. The Morgan fingerprint density at radius 2 is 1.68 bits per heavy atom. The van der Waals surface area contributed by atoms with Crippen LogP contribution in [0.3, 0.4) is 0 Å². The molecule has 166 valence electrons. The smallest absolute Gasteiger partial charge is 0.322 e. The molecule has 8 nitrogen and oxygen atoms in total. The van der Waals surface area contributed by atoms with E-state index in [1.54, 1.807) is 7.11 Å². The van der Waals surface area contributed by atoms with Crippen molar-refractivity contribution in [3.63, 3.8) is 0 Å². The number of piperazine rings is 1. The molecule has 0 atom stereocenters. The molecule has 4 rings (SSSR count). The van der Waals surface area contributed by atoms with Gasteiger partial charge in [0.05, 0.1) is 12.8 Å². The molecule has 0 saturated carbocycles. The van der Waals surface area contributed by atoms with Gasteiger partial charge in [0.25, 0.3) is 0 Å². The fraction of sp³-hybridized carbons (Fsp3) is 0.522. The Labute approximate surface area is 184 Å². The number of hydrogen-bond acceptors (Lipinski definition) is 6. The minimum atomic E-state index is -0.109. The van der Waals surface area contributed by atoms with E-state index >= 15 is 0 Å². The number of urea groups is 1. The van der Waals surface area contributed by atoms with Crippen molar-refractivity contribution in [1.82, 2.24) is 14.9 Å². The van der Waals surface area contributed by atoms with Crippen LogP contribution in [0, 0.1) is 13.8 Å². The SMILES string of the molecule is COc1ccc(C)cc1NC(=O)N1CCN(c2nc(C)cc(N3CCCCC3)n2)CC1. The molecular weight excluding hydrogens is 392 g/mol. The van der Waals surface area contributed by atoms with E-state index in [4.69, 9.17) is 9.72 Å². The van der Waals surface area contributed by atoms with Gasteiger partial charge in [-0.3, -0.25) is 0 Å². The van der Waals surface area contributed by atoms with Crippen LogP contribution in [0.15, 0.2) is 24.3 Å². The van der Waals surface area contributed by atoms with Gasteiger partial charge in [0, 0.05) is 51.0 Å². The Hall–Kier alpha value is -3.03. The maximum atomic E-state index is 12.8. The van der Waals surface area contributed by atoms with Crippen LogP contribution in [-0.4, -0.2) is 67.3 Å². The molecule has 0 bridgehead atoms. The maximum absolute atomic E-state index is 12.8. The largest absolute Gasteiger partial charge is 0.495 e. The second-order valence-electron chi connectivity index (χ2n) is 8.32. The molecule has 2 aliphatic rings. The van der Waals surface area contributed by atoms with E-state index in [9.17, 15) is 4.79 Å². The summed E-state index contributed by atoms with van der Waals surface area (Å²) >= 11 is 0. The fourth-order valence-electron chi connectivity index (χ4n) is 4.19. The third-order valence-electron chi connectivity index (χ3n) is 5.96. The first-order valence-corrected chi connectivity index (χ1v) is 11.1. The summed E-state index contributed by atoms with van der Waals surface area (Å²) in [6.07, 6.45) is 3.74. The summed E-state index contributed by atoms with van der Waals surface area (Å²) in [5, 5.41) is 2.99. The first-order chi connectivity index (χ1) is 15.0. The van der Waals surface area contributed by atoms with Crippen LogP contribution < -0.4 is 19.9 Å². The lowest BCUT2D eigenvalue weighted by Gasteiger charge is -2.35. The lowest BCUT2D eigenvalue weighted by atomic mass is 10.1. The van der Waals surface area contributed by atoms with E-state index in [0.29, 0.717) is 37.6 Å². The normalized spacial score (nSPS) is 16.9. The number of ether oxygens (including phenoxy) is 1. The monoisotopic (exact) mass is 424 g/mol. The van der Waals surface area contributed by atoms with Gasteiger partial charge in [-0.05, 0) is 50.8 Å². The van der Waals surface area contributed by atoms with E-state index < -0.39 is 0 Å². The number of rotatable bonds is 4. The molecule has 0 aliphatic carbocycles. The van der Waals surface area contributed by atoms with Crippen LogP contribution in [0.2, 0.25) is 0 Å². The lowest BCUT2D eigenvalue weighted by molar-refractivity contribution is 0.208. The molecule has 1 aromatic heterocycles. The summed E-state index contributed by atoms with van der Waals surface area (Å²) in [4.78, 5) is 28.7. The molecule has 8 heteroatoms. The van der Waals surface area contributed by atoms with Gasteiger partial charge in [0.1, 0.15) is 11.6 Å². The third kappa shape index (κ3) is 5.00. The van der Waals surface area contributed by atoms with E-state index in [1.807, 2.05) is 36.9 Å². The first kappa shape index (κ1) is 21.2. The summed E-state index contributed by atoms with van der Waals surface area (Å²) in [6.45, 7) is 8.80. The number of aryl methyl sites for hydroxylation is 2. The highest BCUT2D eigenvalue weighted by atomic mass is 16.5. The number of nitrogens with one attached hydrogen (secondary N) is 1. The molecule has 1 aromatic carbocycles. The molecule has 2 aromatic rings. The van der Waals surface area contributed by atoms with Gasteiger partial charge in [0.15, 0.2) is 0 Å². The molecule has 2 aliphatic heterocycles. The number of aromatic nitrogens is 2. The van der Waals surface area contributed by atoms with Crippen molar-refractivity contribution in [2.75, 3.05) is 61.5 Å². The number of nitrogens with zero attached hydrogens (tertiary/aromatic N) is 5. The van der Waals surface area contributed by atoms with Gasteiger partial charge in [-0.25, -0.2) is 9.78 Å². The summed E-state index contributed by atoms with van der Waals surface area (Å²) in [6, 6.07) is 7.73. The van der Waals surface area contributed by atoms with Crippen molar-refractivity contribution < 1.29 is 9.53 Å².